The molecule has 5 heteroatoms. The molecule has 0 bridgehead atoms. The number of benzene rings is 2. The first-order valence-electron chi connectivity index (χ1n) is 6.77. The van der Waals surface area contributed by atoms with Crippen LogP contribution in [0.3, 0.4) is 0 Å². The number of aromatic hydroxyl groups is 1. The van der Waals surface area contributed by atoms with E-state index in [1.54, 1.807) is 36.0 Å². The highest BCUT2D eigenvalue weighted by molar-refractivity contribution is 7.99. The third-order valence-electron chi connectivity index (χ3n) is 3.63. The molecule has 1 unspecified atom stereocenters. The summed E-state index contributed by atoms with van der Waals surface area (Å²) in [5, 5.41) is 13.8. The summed E-state index contributed by atoms with van der Waals surface area (Å²) < 4.78 is 13.5. The van der Waals surface area contributed by atoms with E-state index in [-0.39, 0.29) is 17.6 Å². The van der Waals surface area contributed by atoms with Crippen LogP contribution in [0.15, 0.2) is 41.3 Å². The molecule has 1 atom stereocenters. The number of halogens is 2. The van der Waals surface area contributed by atoms with Gasteiger partial charge in [0.05, 0.1) is 0 Å². The fraction of sp³-hybridized carbons (Fsp3) is 0.250. The van der Waals surface area contributed by atoms with Crippen LogP contribution in [0.5, 0.6) is 5.75 Å². The van der Waals surface area contributed by atoms with Gasteiger partial charge in [-0.3, -0.25) is 0 Å². The molecule has 3 rings (SSSR count). The van der Waals surface area contributed by atoms with Crippen LogP contribution in [0, 0.1) is 5.82 Å². The van der Waals surface area contributed by atoms with E-state index in [4.69, 9.17) is 11.6 Å². The van der Waals surface area contributed by atoms with Crippen molar-refractivity contribution in [2.24, 2.45) is 0 Å². The molecule has 110 valence electrons. The third kappa shape index (κ3) is 3.18. The molecule has 2 aromatic carbocycles. The largest absolute Gasteiger partial charge is 0.508 e. The number of phenols is 1. The topological polar surface area (TPSA) is 32.3 Å². The van der Waals surface area contributed by atoms with Gasteiger partial charge in [0, 0.05) is 28.1 Å². The van der Waals surface area contributed by atoms with Crippen molar-refractivity contribution in [3.8, 4) is 5.75 Å². The molecule has 0 fully saturated rings. The normalized spacial score (nSPS) is 17.5. The number of phenolic OH excluding ortho intramolecular Hbond substituents is 1. The Balaban J connectivity index is 1.80. The van der Waals surface area contributed by atoms with E-state index in [1.807, 2.05) is 6.07 Å². The van der Waals surface area contributed by atoms with Gasteiger partial charge < -0.3 is 10.4 Å². The lowest BCUT2D eigenvalue weighted by atomic mass is 10.0. The molecule has 0 aromatic heterocycles. The molecule has 21 heavy (non-hydrogen) atoms. The number of hydrogen-bond acceptors (Lipinski definition) is 3. The summed E-state index contributed by atoms with van der Waals surface area (Å²) >= 11 is 7.86. The van der Waals surface area contributed by atoms with Crippen LogP contribution in [0.1, 0.15) is 23.6 Å². The highest BCUT2D eigenvalue weighted by Gasteiger charge is 2.21. The summed E-state index contributed by atoms with van der Waals surface area (Å²) in [6.07, 6.45) is 0.923. The average molecular weight is 324 g/mol. The Kier molecular flexibility index (Phi) is 4.38. The van der Waals surface area contributed by atoms with E-state index in [0.717, 1.165) is 22.6 Å². The first-order valence-corrected chi connectivity index (χ1v) is 8.13. The van der Waals surface area contributed by atoms with Crippen LogP contribution >= 0.6 is 23.4 Å². The Hall–Kier alpha value is -1.23. The molecule has 2 N–H and O–H groups in total. The van der Waals surface area contributed by atoms with Crippen molar-refractivity contribution in [3.05, 3.63) is 58.4 Å². The Morgan fingerprint density at radius 1 is 1.33 bits per heavy atom. The summed E-state index contributed by atoms with van der Waals surface area (Å²) in [6.45, 7) is 0.455. The summed E-state index contributed by atoms with van der Waals surface area (Å²) in [6, 6.07) is 10.1. The van der Waals surface area contributed by atoms with Crippen molar-refractivity contribution in [3.63, 3.8) is 0 Å². The molecule has 0 saturated carbocycles. The Labute approximate surface area is 132 Å². The zero-order valence-corrected chi connectivity index (χ0v) is 12.8. The van der Waals surface area contributed by atoms with Crippen molar-refractivity contribution in [1.29, 1.82) is 0 Å². The lowest BCUT2D eigenvalue weighted by Gasteiger charge is -2.26. The summed E-state index contributed by atoms with van der Waals surface area (Å²) in [4.78, 5) is 1.11. The molecule has 0 spiro atoms. The highest BCUT2D eigenvalue weighted by Crippen LogP contribution is 2.37. The minimum absolute atomic E-state index is 0.0765. The SMILES string of the molecule is Oc1cccc(Cl)c1CNC1CCSc2ccc(F)cc21. The van der Waals surface area contributed by atoms with Gasteiger partial charge in [-0.05, 0) is 48.1 Å². The molecule has 0 saturated heterocycles. The molecule has 2 nitrogen and oxygen atoms in total. The van der Waals surface area contributed by atoms with Crippen molar-refractivity contribution in [1.82, 2.24) is 5.32 Å². The maximum atomic E-state index is 13.5. The standard InChI is InChI=1S/C16H15ClFNOS/c17-13-2-1-3-15(20)12(13)9-19-14-6-7-21-16-5-4-10(18)8-11(14)16/h1-5,8,14,19-20H,6-7,9H2. The fourth-order valence-electron chi connectivity index (χ4n) is 2.52. The number of hydrogen-bond donors (Lipinski definition) is 2. The minimum atomic E-state index is -0.219. The molecular weight excluding hydrogens is 309 g/mol. The Morgan fingerprint density at radius 2 is 2.19 bits per heavy atom. The van der Waals surface area contributed by atoms with E-state index in [2.05, 4.69) is 5.32 Å². The Bertz CT molecular complexity index is 644. The molecule has 1 heterocycles. The molecular formula is C16H15ClFNOS. The summed E-state index contributed by atoms with van der Waals surface area (Å²) in [5.41, 5.74) is 1.66. The predicted molar refractivity (Wildman–Crippen MR) is 84.4 cm³/mol. The second-order valence-electron chi connectivity index (χ2n) is 4.99. The second-order valence-corrected chi connectivity index (χ2v) is 6.53. The van der Waals surface area contributed by atoms with Crippen LogP contribution in [0.2, 0.25) is 5.02 Å². The summed E-state index contributed by atoms with van der Waals surface area (Å²) in [5.74, 6) is 0.952. The molecule has 0 radical (unpaired) electrons. The van der Waals surface area contributed by atoms with E-state index < -0.39 is 0 Å². The van der Waals surface area contributed by atoms with Gasteiger partial charge in [-0.25, -0.2) is 4.39 Å². The van der Waals surface area contributed by atoms with Crippen molar-refractivity contribution in [2.75, 3.05) is 5.75 Å². The van der Waals surface area contributed by atoms with Gasteiger partial charge in [0.2, 0.25) is 0 Å². The van der Waals surface area contributed by atoms with Crippen molar-refractivity contribution < 1.29 is 9.50 Å². The van der Waals surface area contributed by atoms with Gasteiger partial charge in [-0.1, -0.05) is 17.7 Å². The van der Waals surface area contributed by atoms with E-state index >= 15 is 0 Å². The van der Waals surface area contributed by atoms with E-state index in [9.17, 15) is 9.50 Å². The van der Waals surface area contributed by atoms with Crippen molar-refractivity contribution in [2.45, 2.75) is 23.9 Å². The maximum absolute atomic E-state index is 13.5. The average Bonchev–Trinajstić information content (AvgIpc) is 2.47. The maximum Gasteiger partial charge on any atom is 0.123 e. The number of nitrogens with one attached hydrogen (secondary N) is 1. The number of thioether (sulfide) groups is 1. The van der Waals surface area contributed by atoms with E-state index in [1.165, 1.54) is 6.07 Å². The van der Waals surface area contributed by atoms with Crippen LogP contribution < -0.4 is 5.32 Å². The lowest BCUT2D eigenvalue weighted by Crippen LogP contribution is -2.24. The zero-order valence-electron chi connectivity index (χ0n) is 11.3. The van der Waals surface area contributed by atoms with Crippen LogP contribution in [0.25, 0.3) is 0 Å². The molecule has 1 aliphatic heterocycles. The minimum Gasteiger partial charge on any atom is -0.508 e. The highest BCUT2D eigenvalue weighted by atomic mass is 35.5. The summed E-state index contributed by atoms with van der Waals surface area (Å²) in [7, 11) is 0. The van der Waals surface area contributed by atoms with Gasteiger partial charge >= 0.3 is 0 Å². The molecule has 2 aromatic rings. The van der Waals surface area contributed by atoms with Crippen LogP contribution in [-0.4, -0.2) is 10.9 Å². The third-order valence-corrected chi connectivity index (χ3v) is 5.11. The van der Waals surface area contributed by atoms with Gasteiger partial charge in [-0.2, -0.15) is 0 Å². The van der Waals surface area contributed by atoms with Gasteiger partial charge in [0.25, 0.3) is 0 Å². The first kappa shape index (κ1) is 14.7. The second kappa shape index (κ2) is 6.26. The molecule has 0 aliphatic carbocycles. The predicted octanol–water partition coefficient (Wildman–Crippen LogP) is 4.51. The lowest BCUT2D eigenvalue weighted by molar-refractivity contribution is 0.453. The molecule has 0 amide bonds. The monoisotopic (exact) mass is 323 g/mol. The van der Waals surface area contributed by atoms with Crippen LogP contribution in [-0.2, 0) is 6.54 Å². The van der Waals surface area contributed by atoms with Gasteiger partial charge in [0.15, 0.2) is 0 Å². The smallest absolute Gasteiger partial charge is 0.123 e. The Morgan fingerprint density at radius 3 is 3.00 bits per heavy atom. The van der Waals surface area contributed by atoms with Crippen molar-refractivity contribution >= 4 is 23.4 Å². The number of rotatable bonds is 3. The van der Waals surface area contributed by atoms with Gasteiger partial charge in [0.1, 0.15) is 11.6 Å². The van der Waals surface area contributed by atoms with Gasteiger partial charge in [-0.15, -0.1) is 11.8 Å². The first-order chi connectivity index (χ1) is 10.1. The van der Waals surface area contributed by atoms with E-state index in [0.29, 0.717) is 17.1 Å². The quantitative estimate of drug-likeness (QED) is 0.871. The van der Waals surface area contributed by atoms with Crippen LogP contribution in [0.4, 0.5) is 4.39 Å². The zero-order chi connectivity index (χ0) is 14.8. The molecule has 1 aliphatic rings. The number of fused-ring (bicyclic) bond motifs is 1. The fourth-order valence-corrected chi connectivity index (χ4v) is 3.87.